The van der Waals surface area contributed by atoms with E-state index in [4.69, 9.17) is 4.98 Å². The fraction of sp³-hybridized carbons (Fsp3) is 0.600. The van der Waals surface area contributed by atoms with Crippen LogP contribution >= 0.6 is 0 Å². The minimum absolute atomic E-state index is 0.876. The van der Waals surface area contributed by atoms with Gasteiger partial charge in [-0.1, -0.05) is 26.7 Å². The molecule has 0 saturated carbocycles. The summed E-state index contributed by atoms with van der Waals surface area (Å²) in [5.41, 5.74) is 3.86. The SMILES string of the molecule is [CH2]Cc1cc(CCCC)nc(CCCC)c1. The summed E-state index contributed by atoms with van der Waals surface area (Å²) in [5.74, 6) is 0. The maximum absolute atomic E-state index is 4.73. The van der Waals surface area contributed by atoms with E-state index in [1.807, 2.05) is 0 Å². The Morgan fingerprint density at radius 3 is 1.88 bits per heavy atom. The molecule has 0 aromatic carbocycles. The molecule has 0 N–H and O–H groups in total. The van der Waals surface area contributed by atoms with Crippen molar-refractivity contribution in [1.82, 2.24) is 4.98 Å². The van der Waals surface area contributed by atoms with Gasteiger partial charge in [0.1, 0.15) is 0 Å². The molecular formula is C15H24N. The van der Waals surface area contributed by atoms with Gasteiger partial charge in [0, 0.05) is 11.4 Å². The van der Waals surface area contributed by atoms with Crippen LogP contribution in [0, 0.1) is 6.92 Å². The number of rotatable bonds is 7. The van der Waals surface area contributed by atoms with E-state index in [-0.39, 0.29) is 0 Å². The number of pyridine rings is 1. The molecule has 1 nitrogen and oxygen atoms in total. The third kappa shape index (κ3) is 4.34. The molecule has 1 heterocycles. The summed E-state index contributed by atoms with van der Waals surface area (Å²) in [7, 11) is 0. The number of nitrogens with zero attached hydrogens (tertiary/aromatic N) is 1. The molecule has 0 amide bonds. The highest BCUT2D eigenvalue weighted by molar-refractivity contribution is 5.22. The Kier molecular flexibility index (Phi) is 6.14. The highest BCUT2D eigenvalue weighted by Gasteiger charge is 2.01. The molecule has 16 heavy (non-hydrogen) atoms. The maximum Gasteiger partial charge on any atom is 0.0409 e. The van der Waals surface area contributed by atoms with Gasteiger partial charge in [-0.2, -0.15) is 0 Å². The van der Waals surface area contributed by atoms with Crippen LogP contribution in [0.1, 0.15) is 56.5 Å². The molecule has 0 aliphatic carbocycles. The second kappa shape index (κ2) is 7.43. The predicted octanol–water partition coefficient (Wildman–Crippen LogP) is 4.14. The Morgan fingerprint density at radius 1 is 1.00 bits per heavy atom. The lowest BCUT2D eigenvalue weighted by Gasteiger charge is -2.07. The molecule has 0 spiro atoms. The van der Waals surface area contributed by atoms with E-state index in [9.17, 15) is 0 Å². The summed E-state index contributed by atoms with van der Waals surface area (Å²) >= 11 is 0. The highest BCUT2D eigenvalue weighted by atomic mass is 14.7. The van der Waals surface area contributed by atoms with Gasteiger partial charge in [-0.05, 0) is 56.7 Å². The zero-order valence-corrected chi connectivity index (χ0v) is 10.8. The zero-order chi connectivity index (χ0) is 11.8. The van der Waals surface area contributed by atoms with E-state index < -0.39 is 0 Å². The second-order valence-electron chi connectivity index (χ2n) is 4.42. The van der Waals surface area contributed by atoms with Crippen LogP contribution in [0.3, 0.4) is 0 Å². The number of aromatic nitrogens is 1. The lowest BCUT2D eigenvalue weighted by Crippen LogP contribution is -1.99. The van der Waals surface area contributed by atoms with E-state index >= 15 is 0 Å². The molecule has 0 fully saturated rings. The highest BCUT2D eigenvalue weighted by Crippen LogP contribution is 2.11. The van der Waals surface area contributed by atoms with Crippen LogP contribution in [0.25, 0.3) is 0 Å². The second-order valence-corrected chi connectivity index (χ2v) is 4.42. The summed E-state index contributed by atoms with van der Waals surface area (Å²) in [5, 5.41) is 0. The molecule has 0 atom stereocenters. The largest absolute Gasteiger partial charge is 0.258 e. The summed E-state index contributed by atoms with van der Waals surface area (Å²) in [6.45, 7) is 8.42. The lowest BCUT2D eigenvalue weighted by molar-refractivity contribution is 0.743. The average molecular weight is 218 g/mol. The fourth-order valence-electron chi connectivity index (χ4n) is 1.83. The number of hydrogen-bond donors (Lipinski definition) is 0. The van der Waals surface area contributed by atoms with Crippen LogP contribution in [0.15, 0.2) is 12.1 Å². The lowest BCUT2D eigenvalue weighted by atomic mass is 10.1. The molecule has 0 bridgehead atoms. The van der Waals surface area contributed by atoms with Gasteiger partial charge in [-0.25, -0.2) is 0 Å². The van der Waals surface area contributed by atoms with Crippen molar-refractivity contribution in [2.24, 2.45) is 0 Å². The van der Waals surface area contributed by atoms with Crippen LogP contribution in [0.2, 0.25) is 0 Å². The minimum Gasteiger partial charge on any atom is -0.258 e. The van der Waals surface area contributed by atoms with Gasteiger partial charge in [-0.3, -0.25) is 4.98 Å². The third-order valence-corrected chi connectivity index (χ3v) is 2.85. The Hall–Kier alpha value is -0.850. The molecule has 0 aliphatic rings. The van der Waals surface area contributed by atoms with Gasteiger partial charge in [0.05, 0.1) is 0 Å². The van der Waals surface area contributed by atoms with Gasteiger partial charge in [0.2, 0.25) is 0 Å². The first kappa shape index (κ1) is 13.2. The molecule has 1 radical (unpaired) electrons. The van der Waals surface area contributed by atoms with Crippen LogP contribution in [0.5, 0.6) is 0 Å². The smallest absolute Gasteiger partial charge is 0.0409 e. The topological polar surface area (TPSA) is 12.9 Å². The molecule has 89 valence electrons. The first-order valence-electron chi connectivity index (χ1n) is 6.58. The number of unbranched alkanes of at least 4 members (excludes halogenated alkanes) is 2. The van der Waals surface area contributed by atoms with Gasteiger partial charge >= 0.3 is 0 Å². The molecule has 1 aromatic rings. The van der Waals surface area contributed by atoms with E-state index in [2.05, 4.69) is 32.9 Å². The first-order valence-corrected chi connectivity index (χ1v) is 6.58. The van der Waals surface area contributed by atoms with Gasteiger partial charge in [-0.15, -0.1) is 0 Å². The summed E-state index contributed by atoms with van der Waals surface area (Å²) in [6, 6.07) is 4.44. The van der Waals surface area contributed by atoms with E-state index in [0.717, 1.165) is 19.3 Å². The summed E-state index contributed by atoms with van der Waals surface area (Å²) in [6.07, 6.45) is 8.05. The van der Waals surface area contributed by atoms with Crippen LogP contribution < -0.4 is 0 Å². The summed E-state index contributed by atoms with van der Waals surface area (Å²) in [4.78, 5) is 4.73. The first-order chi connectivity index (χ1) is 7.80. The molecule has 1 heteroatoms. The van der Waals surface area contributed by atoms with Crippen molar-refractivity contribution >= 4 is 0 Å². The van der Waals surface area contributed by atoms with Crippen LogP contribution in [-0.4, -0.2) is 4.98 Å². The van der Waals surface area contributed by atoms with Gasteiger partial charge in [0.25, 0.3) is 0 Å². The average Bonchev–Trinajstić information content (AvgIpc) is 2.33. The normalized spacial score (nSPS) is 10.7. The van der Waals surface area contributed by atoms with Crippen LogP contribution in [-0.2, 0) is 19.3 Å². The monoisotopic (exact) mass is 218 g/mol. The van der Waals surface area contributed by atoms with E-state index in [1.54, 1.807) is 0 Å². The molecule has 0 saturated heterocycles. The number of hydrogen-bond acceptors (Lipinski definition) is 1. The molecular weight excluding hydrogens is 194 g/mol. The van der Waals surface area contributed by atoms with E-state index in [0.29, 0.717) is 0 Å². The van der Waals surface area contributed by atoms with Crippen molar-refractivity contribution in [3.8, 4) is 0 Å². The van der Waals surface area contributed by atoms with Crippen molar-refractivity contribution in [3.05, 3.63) is 36.0 Å². The van der Waals surface area contributed by atoms with Gasteiger partial charge in [0.15, 0.2) is 0 Å². The Labute approximate surface area is 100 Å². The third-order valence-electron chi connectivity index (χ3n) is 2.85. The maximum atomic E-state index is 4.73. The fourth-order valence-corrected chi connectivity index (χ4v) is 1.83. The minimum atomic E-state index is 0.876. The molecule has 1 aromatic heterocycles. The molecule has 0 aliphatic heterocycles. The number of aryl methyl sites for hydroxylation is 2. The van der Waals surface area contributed by atoms with Crippen molar-refractivity contribution in [1.29, 1.82) is 0 Å². The molecule has 0 unspecified atom stereocenters. The quantitative estimate of drug-likeness (QED) is 0.670. The van der Waals surface area contributed by atoms with Crippen molar-refractivity contribution in [3.63, 3.8) is 0 Å². The van der Waals surface area contributed by atoms with E-state index in [1.165, 1.54) is 42.6 Å². The Morgan fingerprint density at radius 2 is 1.50 bits per heavy atom. The Balaban J connectivity index is 2.74. The Bertz CT molecular complexity index is 278. The zero-order valence-electron chi connectivity index (χ0n) is 10.8. The van der Waals surface area contributed by atoms with Crippen molar-refractivity contribution in [2.75, 3.05) is 0 Å². The van der Waals surface area contributed by atoms with Crippen LogP contribution in [0.4, 0.5) is 0 Å². The predicted molar refractivity (Wildman–Crippen MR) is 70.5 cm³/mol. The van der Waals surface area contributed by atoms with Crippen molar-refractivity contribution in [2.45, 2.75) is 58.8 Å². The standard InChI is InChI=1S/C15H24N/c1-4-7-9-14-11-13(6-3)12-15(16-14)10-8-5-2/h11-12H,3-10H2,1-2H3. The van der Waals surface area contributed by atoms with Gasteiger partial charge < -0.3 is 0 Å². The summed E-state index contributed by atoms with van der Waals surface area (Å²) < 4.78 is 0. The van der Waals surface area contributed by atoms with Crippen molar-refractivity contribution < 1.29 is 0 Å². The molecule has 1 rings (SSSR count).